The summed E-state index contributed by atoms with van der Waals surface area (Å²) in [6.45, 7) is 1.99. The number of furan rings is 1. The lowest BCUT2D eigenvalue weighted by atomic mass is 10.1. The van der Waals surface area contributed by atoms with E-state index in [2.05, 4.69) is 25.7 Å². The van der Waals surface area contributed by atoms with Crippen LogP contribution in [0.2, 0.25) is 0 Å². The predicted octanol–water partition coefficient (Wildman–Crippen LogP) is 4.03. The van der Waals surface area contributed by atoms with Crippen LogP contribution in [0, 0.1) is 6.92 Å². The SMILES string of the molecule is Cc1ccccc1-c1nnc(CSc2nnc(NC(=O)c3ccco3)s2)o1. The minimum Gasteiger partial charge on any atom is -0.459 e. The molecular weight excluding hydrogens is 386 g/mol. The van der Waals surface area contributed by atoms with Gasteiger partial charge < -0.3 is 8.83 Å². The molecule has 0 bridgehead atoms. The molecule has 0 unspecified atom stereocenters. The first-order chi connectivity index (χ1) is 13.2. The highest BCUT2D eigenvalue weighted by Crippen LogP contribution is 2.29. The summed E-state index contributed by atoms with van der Waals surface area (Å²) in [6.07, 6.45) is 1.44. The molecule has 1 N–H and O–H groups in total. The molecule has 136 valence electrons. The first kappa shape index (κ1) is 17.4. The molecular formula is C17H13N5O3S2. The summed E-state index contributed by atoms with van der Waals surface area (Å²) in [5, 5.41) is 19.2. The summed E-state index contributed by atoms with van der Waals surface area (Å²) in [5.41, 5.74) is 1.99. The highest BCUT2D eigenvalue weighted by Gasteiger charge is 2.14. The second-order valence-electron chi connectivity index (χ2n) is 5.41. The van der Waals surface area contributed by atoms with Crippen molar-refractivity contribution in [2.24, 2.45) is 0 Å². The highest BCUT2D eigenvalue weighted by atomic mass is 32.2. The van der Waals surface area contributed by atoms with Gasteiger partial charge in [-0.25, -0.2) is 0 Å². The Hall–Kier alpha value is -2.98. The zero-order valence-electron chi connectivity index (χ0n) is 14.1. The molecule has 0 saturated carbocycles. The Labute approximate surface area is 162 Å². The van der Waals surface area contributed by atoms with E-state index >= 15 is 0 Å². The maximum absolute atomic E-state index is 11.9. The van der Waals surface area contributed by atoms with Crippen LogP contribution in [0.4, 0.5) is 5.13 Å². The minimum absolute atomic E-state index is 0.217. The monoisotopic (exact) mass is 399 g/mol. The number of benzene rings is 1. The van der Waals surface area contributed by atoms with E-state index in [4.69, 9.17) is 8.83 Å². The molecule has 0 aliphatic rings. The zero-order chi connectivity index (χ0) is 18.6. The first-order valence-electron chi connectivity index (χ1n) is 7.88. The molecule has 1 amide bonds. The molecule has 8 nitrogen and oxygen atoms in total. The van der Waals surface area contributed by atoms with Crippen LogP contribution in [-0.2, 0) is 5.75 Å². The standard InChI is InChI=1S/C17H13N5O3S2/c1-10-5-2-3-6-11(10)15-20-19-13(25-15)9-26-17-22-21-16(27-17)18-14(23)12-7-4-8-24-12/h2-8H,9H2,1H3,(H,18,21,23). The van der Waals surface area contributed by atoms with E-state index in [0.717, 1.165) is 11.1 Å². The number of nitrogens with one attached hydrogen (secondary N) is 1. The normalized spacial score (nSPS) is 10.9. The molecule has 0 spiro atoms. The molecule has 0 radical (unpaired) electrons. The summed E-state index contributed by atoms with van der Waals surface area (Å²) in [7, 11) is 0. The van der Waals surface area contributed by atoms with E-state index in [1.54, 1.807) is 12.1 Å². The van der Waals surface area contributed by atoms with Gasteiger partial charge in [0, 0.05) is 5.56 Å². The van der Waals surface area contributed by atoms with E-state index < -0.39 is 0 Å². The smallest absolute Gasteiger partial charge is 0.293 e. The van der Waals surface area contributed by atoms with Crippen LogP contribution in [0.15, 0.2) is 55.8 Å². The molecule has 1 aromatic carbocycles. The summed E-state index contributed by atoms with van der Waals surface area (Å²) in [5.74, 6) is 1.29. The molecule has 0 saturated heterocycles. The van der Waals surface area contributed by atoms with Gasteiger partial charge >= 0.3 is 0 Å². The number of nitrogens with zero attached hydrogens (tertiary/aromatic N) is 4. The van der Waals surface area contributed by atoms with E-state index in [0.29, 0.717) is 27.0 Å². The number of thioether (sulfide) groups is 1. The van der Waals surface area contributed by atoms with Crippen LogP contribution in [0.1, 0.15) is 22.0 Å². The quantitative estimate of drug-likeness (QED) is 0.382. The fourth-order valence-electron chi connectivity index (χ4n) is 2.24. The zero-order valence-corrected chi connectivity index (χ0v) is 15.7. The number of amides is 1. The Kier molecular flexibility index (Phi) is 4.99. The molecule has 0 aliphatic heterocycles. The fourth-order valence-corrected chi connectivity index (χ4v) is 3.83. The number of hydrogen-bond donors (Lipinski definition) is 1. The van der Waals surface area contributed by atoms with Crippen LogP contribution in [0.25, 0.3) is 11.5 Å². The second-order valence-corrected chi connectivity index (χ2v) is 7.61. The maximum Gasteiger partial charge on any atom is 0.293 e. The van der Waals surface area contributed by atoms with Gasteiger partial charge in [0.1, 0.15) is 0 Å². The van der Waals surface area contributed by atoms with Crippen molar-refractivity contribution in [3.63, 3.8) is 0 Å². The van der Waals surface area contributed by atoms with Gasteiger partial charge in [0.25, 0.3) is 5.91 Å². The predicted molar refractivity (Wildman–Crippen MR) is 101 cm³/mol. The molecule has 10 heteroatoms. The molecule has 3 aromatic heterocycles. The summed E-state index contributed by atoms with van der Waals surface area (Å²) in [4.78, 5) is 11.9. The van der Waals surface area contributed by atoms with E-state index in [1.807, 2.05) is 31.2 Å². The van der Waals surface area contributed by atoms with E-state index in [-0.39, 0.29) is 11.7 Å². The lowest BCUT2D eigenvalue weighted by Crippen LogP contribution is -2.10. The van der Waals surface area contributed by atoms with Gasteiger partial charge in [-0.05, 0) is 30.7 Å². The van der Waals surface area contributed by atoms with Crippen LogP contribution in [0.5, 0.6) is 0 Å². The third-order valence-corrected chi connectivity index (χ3v) is 5.49. The van der Waals surface area contributed by atoms with Gasteiger partial charge in [0.2, 0.25) is 16.9 Å². The Bertz CT molecular complexity index is 1060. The highest BCUT2D eigenvalue weighted by molar-refractivity contribution is 8.00. The average Bonchev–Trinajstić information content (AvgIpc) is 3.42. The van der Waals surface area contributed by atoms with Gasteiger partial charge in [-0.3, -0.25) is 10.1 Å². The number of carbonyl (C=O) groups is 1. The Morgan fingerprint density at radius 1 is 1.15 bits per heavy atom. The molecule has 0 atom stereocenters. The van der Waals surface area contributed by atoms with Crippen molar-refractivity contribution in [3.8, 4) is 11.5 Å². The van der Waals surface area contributed by atoms with Crippen molar-refractivity contribution in [2.45, 2.75) is 17.0 Å². The second kappa shape index (κ2) is 7.72. The van der Waals surface area contributed by atoms with Crippen molar-refractivity contribution >= 4 is 34.1 Å². The fraction of sp³-hybridized carbons (Fsp3) is 0.118. The third kappa shape index (κ3) is 4.07. The number of hydrogen-bond acceptors (Lipinski definition) is 9. The number of aromatic nitrogens is 4. The first-order valence-corrected chi connectivity index (χ1v) is 9.69. The molecule has 27 heavy (non-hydrogen) atoms. The summed E-state index contributed by atoms with van der Waals surface area (Å²) < 4.78 is 11.4. The number of carbonyl (C=O) groups excluding carboxylic acids is 1. The molecule has 0 fully saturated rings. The van der Waals surface area contributed by atoms with Crippen molar-refractivity contribution in [1.29, 1.82) is 0 Å². The van der Waals surface area contributed by atoms with Gasteiger partial charge in [0.05, 0.1) is 12.0 Å². The van der Waals surface area contributed by atoms with Gasteiger partial charge in [-0.15, -0.1) is 20.4 Å². The van der Waals surface area contributed by atoms with Crippen LogP contribution < -0.4 is 5.32 Å². The maximum atomic E-state index is 11.9. The molecule has 4 aromatic rings. The van der Waals surface area contributed by atoms with Crippen molar-refractivity contribution < 1.29 is 13.6 Å². The number of anilines is 1. The Morgan fingerprint density at radius 2 is 2.04 bits per heavy atom. The minimum atomic E-state index is -0.368. The average molecular weight is 399 g/mol. The van der Waals surface area contributed by atoms with Gasteiger partial charge in [0.15, 0.2) is 10.1 Å². The van der Waals surface area contributed by atoms with Crippen LogP contribution >= 0.6 is 23.1 Å². The summed E-state index contributed by atoms with van der Waals surface area (Å²) >= 11 is 2.67. The van der Waals surface area contributed by atoms with Crippen LogP contribution in [-0.4, -0.2) is 26.3 Å². The topological polar surface area (TPSA) is 107 Å². The van der Waals surface area contributed by atoms with Crippen molar-refractivity contribution in [3.05, 3.63) is 59.9 Å². The van der Waals surface area contributed by atoms with Gasteiger partial charge in [-0.1, -0.05) is 41.3 Å². The Morgan fingerprint density at radius 3 is 2.85 bits per heavy atom. The molecule has 3 heterocycles. The number of rotatable bonds is 6. The van der Waals surface area contributed by atoms with E-state index in [9.17, 15) is 4.79 Å². The molecule has 4 rings (SSSR count). The Balaban J connectivity index is 1.37. The van der Waals surface area contributed by atoms with Crippen molar-refractivity contribution in [1.82, 2.24) is 20.4 Å². The lowest BCUT2D eigenvalue weighted by molar-refractivity contribution is 0.0996. The van der Waals surface area contributed by atoms with Crippen LogP contribution in [0.3, 0.4) is 0 Å². The molecule has 0 aliphatic carbocycles. The van der Waals surface area contributed by atoms with Gasteiger partial charge in [-0.2, -0.15) is 0 Å². The van der Waals surface area contributed by atoms with E-state index in [1.165, 1.54) is 29.4 Å². The third-order valence-electron chi connectivity index (χ3n) is 3.53. The van der Waals surface area contributed by atoms with Crippen molar-refractivity contribution in [2.75, 3.05) is 5.32 Å². The summed E-state index contributed by atoms with van der Waals surface area (Å²) in [6, 6.07) is 11.1. The number of aryl methyl sites for hydroxylation is 1. The lowest BCUT2D eigenvalue weighted by Gasteiger charge is -1.98. The largest absolute Gasteiger partial charge is 0.459 e.